The highest BCUT2D eigenvalue weighted by Crippen LogP contribution is 2.33. The standard InChI is InChI=1S/C17H21N3O3/c1-4-17(3)11-19(7-8-23-17)16-9-12(2)18-15-6-5-13(20(21)22)10-14(15)16/h5-6,9-10H,4,7-8,11H2,1-3H3. The summed E-state index contributed by atoms with van der Waals surface area (Å²) in [6.07, 6.45) is 0.922. The number of rotatable bonds is 3. The minimum absolute atomic E-state index is 0.0934. The molecule has 0 bridgehead atoms. The predicted octanol–water partition coefficient (Wildman–Crippen LogP) is 3.46. The van der Waals surface area contributed by atoms with Crippen LogP contribution in [0.15, 0.2) is 24.3 Å². The fraction of sp³-hybridized carbons (Fsp3) is 0.471. The van der Waals surface area contributed by atoms with E-state index in [0.29, 0.717) is 6.61 Å². The van der Waals surface area contributed by atoms with Crippen LogP contribution in [0, 0.1) is 17.0 Å². The van der Waals surface area contributed by atoms with E-state index < -0.39 is 0 Å². The van der Waals surface area contributed by atoms with Gasteiger partial charge in [-0.15, -0.1) is 0 Å². The number of hydrogen-bond acceptors (Lipinski definition) is 5. The van der Waals surface area contributed by atoms with E-state index in [2.05, 4.69) is 23.7 Å². The van der Waals surface area contributed by atoms with Gasteiger partial charge in [-0.1, -0.05) is 6.92 Å². The van der Waals surface area contributed by atoms with Crippen molar-refractivity contribution in [3.8, 4) is 0 Å². The summed E-state index contributed by atoms with van der Waals surface area (Å²) >= 11 is 0. The molecular formula is C17H21N3O3. The van der Waals surface area contributed by atoms with E-state index in [0.717, 1.165) is 41.8 Å². The molecule has 0 spiro atoms. The maximum Gasteiger partial charge on any atom is 0.270 e. The second-order valence-corrected chi connectivity index (χ2v) is 6.31. The molecule has 23 heavy (non-hydrogen) atoms. The molecule has 0 saturated carbocycles. The second kappa shape index (κ2) is 5.77. The molecule has 6 heteroatoms. The normalized spacial score (nSPS) is 21.6. The lowest BCUT2D eigenvalue weighted by Crippen LogP contribution is -2.50. The van der Waals surface area contributed by atoms with Crippen LogP contribution in [0.3, 0.4) is 0 Å². The van der Waals surface area contributed by atoms with Crippen molar-refractivity contribution in [2.75, 3.05) is 24.6 Å². The predicted molar refractivity (Wildman–Crippen MR) is 90.0 cm³/mol. The molecule has 1 aliphatic heterocycles. The van der Waals surface area contributed by atoms with Gasteiger partial charge in [0.2, 0.25) is 0 Å². The Bertz CT molecular complexity index is 762. The van der Waals surface area contributed by atoms with E-state index in [-0.39, 0.29) is 16.2 Å². The number of pyridine rings is 1. The fourth-order valence-electron chi connectivity index (χ4n) is 3.05. The summed E-state index contributed by atoms with van der Waals surface area (Å²) in [5, 5.41) is 11.9. The number of aromatic nitrogens is 1. The average Bonchev–Trinajstić information content (AvgIpc) is 2.53. The molecule has 1 aromatic carbocycles. The Labute approximate surface area is 135 Å². The molecule has 1 atom stereocenters. The van der Waals surface area contributed by atoms with Crippen molar-refractivity contribution in [3.63, 3.8) is 0 Å². The lowest BCUT2D eigenvalue weighted by Gasteiger charge is -2.41. The summed E-state index contributed by atoms with van der Waals surface area (Å²) in [6.45, 7) is 8.37. The van der Waals surface area contributed by atoms with Gasteiger partial charge in [0.25, 0.3) is 5.69 Å². The molecule has 1 fully saturated rings. The number of nitrogens with zero attached hydrogens (tertiary/aromatic N) is 3. The Kier molecular flexibility index (Phi) is 3.93. The second-order valence-electron chi connectivity index (χ2n) is 6.31. The summed E-state index contributed by atoms with van der Waals surface area (Å²) in [4.78, 5) is 17.5. The van der Waals surface area contributed by atoms with Gasteiger partial charge in [0.15, 0.2) is 0 Å². The maximum absolute atomic E-state index is 11.1. The van der Waals surface area contributed by atoms with Crippen molar-refractivity contribution < 1.29 is 9.66 Å². The molecule has 1 saturated heterocycles. The SMILES string of the molecule is CCC1(C)CN(c2cc(C)nc3ccc([N+](=O)[O-])cc23)CCO1. The van der Waals surface area contributed by atoms with Gasteiger partial charge in [0, 0.05) is 42.0 Å². The molecule has 6 nitrogen and oxygen atoms in total. The topological polar surface area (TPSA) is 68.5 Å². The number of non-ortho nitro benzene ring substituents is 1. The molecular weight excluding hydrogens is 294 g/mol. The third-order valence-electron chi connectivity index (χ3n) is 4.53. The van der Waals surface area contributed by atoms with Crippen LogP contribution >= 0.6 is 0 Å². The van der Waals surface area contributed by atoms with Gasteiger partial charge in [-0.3, -0.25) is 15.1 Å². The minimum Gasteiger partial charge on any atom is -0.372 e. The molecule has 122 valence electrons. The molecule has 1 unspecified atom stereocenters. The Morgan fingerprint density at radius 2 is 2.22 bits per heavy atom. The monoisotopic (exact) mass is 315 g/mol. The molecule has 1 aromatic heterocycles. The van der Waals surface area contributed by atoms with E-state index in [1.807, 2.05) is 13.0 Å². The maximum atomic E-state index is 11.1. The smallest absolute Gasteiger partial charge is 0.270 e. The Morgan fingerprint density at radius 1 is 1.43 bits per heavy atom. The molecule has 2 aromatic rings. The van der Waals surface area contributed by atoms with E-state index in [4.69, 9.17) is 4.74 Å². The molecule has 0 N–H and O–H groups in total. The number of fused-ring (bicyclic) bond motifs is 1. The van der Waals surface area contributed by atoms with E-state index in [9.17, 15) is 10.1 Å². The molecule has 1 aliphatic rings. The van der Waals surface area contributed by atoms with Gasteiger partial charge >= 0.3 is 0 Å². The zero-order valence-electron chi connectivity index (χ0n) is 13.7. The van der Waals surface area contributed by atoms with Crippen molar-refractivity contribution >= 4 is 22.3 Å². The number of morpholine rings is 1. The third-order valence-corrected chi connectivity index (χ3v) is 4.53. The first-order valence-corrected chi connectivity index (χ1v) is 7.86. The van der Waals surface area contributed by atoms with Crippen molar-refractivity contribution in [1.82, 2.24) is 4.98 Å². The number of aryl methyl sites for hydroxylation is 1. The van der Waals surface area contributed by atoms with Crippen LogP contribution in [-0.2, 0) is 4.74 Å². The lowest BCUT2D eigenvalue weighted by atomic mass is 10.00. The zero-order valence-corrected chi connectivity index (χ0v) is 13.7. The fourth-order valence-corrected chi connectivity index (χ4v) is 3.05. The molecule has 2 heterocycles. The highest BCUT2D eigenvalue weighted by Gasteiger charge is 2.31. The van der Waals surface area contributed by atoms with Crippen molar-refractivity contribution in [2.24, 2.45) is 0 Å². The molecule has 3 rings (SSSR count). The Balaban J connectivity index is 2.11. The van der Waals surface area contributed by atoms with Gasteiger partial charge in [-0.2, -0.15) is 0 Å². The molecule has 0 aliphatic carbocycles. The van der Waals surface area contributed by atoms with Crippen LogP contribution in [0.25, 0.3) is 10.9 Å². The van der Waals surface area contributed by atoms with E-state index >= 15 is 0 Å². The minimum atomic E-state index is -0.363. The van der Waals surface area contributed by atoms with Crippen LogP contribution in [-0.4, -0.2) is 35.2 Å². The van der Waals surface area contributed by atoms with E-state index in [1.165, 1.54) is 6.07 Å². The first-order chi connectivity index (χ1) is 10.9. The summed E-state index contributed by atoms with van der Waals surface area (Å²) in [7, 11) is 0. The third kappa shape index (κ3) is 2.99. The Hall–Kier alpha value is -2.21. The summed E-state index contributed by atoms with van der Waals surface area (Å²) in [5.41, 5.74) is 2.60. The van der Waals surface area contributed by atoms with Gasteiger partial charge in [0.1, 0.15) is 0 Å². The van der Waals surface area contributed by atoms with Gasteiger partial charge < -0.3 is 9.64 Å². The van der Waals surface area contributed by atoms with Crippen molar-refractivity contribution in [2.45, 2.75) is 32.8 Å². The first-order valence-electron chi connectivity index (χ1n) is 7.86. The molecule has 0 radical (unpaired) electrons. The van der Waals surface area contributed by atoms with Gasteiger partial charge in [-0.05, 0) is 32.4 Å². The largest absolute Gasteiger partial charge is 0.372 e. The van der Waals surface area contributed by atoms with E-state index in [1.54, 1.807) is 12.1 Å². The van der Waals surface area contributed by atoms with Crippen LogP contribution in [0.5, 0.6) is 0 Å². The van der Waals surface area contributed by atoms with Crippen LogP contribution < -0.4 is 4.90 Å². The van der Waals surface area contributed by atoms with Crippen molar-refractivity contribution in [1.29, 1.82) is 0 Å². The average molecular weight is 315 g/mol. The number of ether oxygens (including phenoxy) is 1. The highest BCUT2D eigenvalue weighted by molar-refractivity contribution is 5.93. The number of nitro groups is 1. The number of benzene rings is 1. The number of hydrogen-bond donors (Lipinski definition) is 0. The summed E-state index contributed by atoms with van der Waals surface area (Å²) < 4.78 is 5.91. The lowest BCUT2D eigenvalue weighted by molar-refractivity contribution is -0.384. The quantitative estimate of drug-likeness (QED) is 0.641. The highest BCUT2D eigenvalue weighted by atomic mass is 16.6. The Morgan fingerprint density at radius 3 is 2.91 bits per heavy atom. The van der Waals surface area contributed by atoms with Gasteiger partial charge in [0.05, 0.1) is 22.6 Å². The van der Waals surface area contributed by atoms with Crippen LogP contribution in [0.4, 0.5) is 11.4 Å². The summed E-state index contributed by atoms with van der Waals surface area (Å²) in [5.74, 6) is 0. The zero-order chi connectivity index (χ0) is 16.6. The van der Waals surface area contributed by atoms with Gasteiger partial charge in [-0.25, -0.2) is 0 Å². The molecule has 0 amide bonds. The summed E-state index contributed by atoms with van der Waals surface area (Å²) in [6, 6.07) is 6.86. The number of anilines is 1. The van der Waals surface area contributed by atoms with Crippen LogP contribution in [0.2, 0.25) is 0 Å². The number of nitro benzene ring substituents is 1. The van der Waals surface area contributed by atoms with Crippen molar-refractivity contribution in [3.05, 3.63) is 40.1 Å². The van der Waals surface area contributed by atoms with Crippen LogP contribution in [0.1, 0.15) is 26.0 Å². The first kappa shape index (κ1) is 15.7.